The van der Waals surface area contributed by atoms with Crippen molar-refractivity contribution in [1.29, 1.82) is 0 Å². The highest BCUT2D eigenvalue weighted by Crippen LogP contribution is 2.30. The fourth-order valence-corrected chi connectivity index (χ4v) is 3.74. The smallest absolute Gasteiger partial charge is 0.262 e. The molecule has 0 atom stereocenters. The maximum absolute atomic E-state index is 13.0. The number of imidazole rings is 1. The third-order valence-electron chi connectivity index (χ3n) is 5.46. The number of carbonyl (C=O) groups is 1. The number of aryl methyl sites for hydroxylation is 1. The third-order valence-corrected chi connectivity index (χ3v) is 5.46. The van der Waals surface area contributed by atoms with E-state index in [-0.39, 0.29) is 29.6 Å². The number of fused-ring (bicyclic) bond motifs is 3. The van der Waals surface area contributed by atoms with Gasteiger partial charge in [-0.25, -0.2) is 4.98 Å². The van der Waals surface area contributed by atoms with Gasteiger partial charge in [0, 0.05) is 31.2 Å². The lowest BCUT2D eigenvalue weighted by molar-refractivity contribution is -0.111. The van der Waals surface area contributed by atoms with Crippen LogP contribution in [0.4, 0.5) is 5.69 Å². The minimum atomic E-state index is -0.369. The molecule has 2 heterocycles. The van der Waals surface area contributed by atoms with E-state index in [0.717, 1.165) is 23.3 Å². The molecule has 8 heteroatoms. The average molecular weight is 441 g/mol. The number of nitrogens with one attached hydrogen (secondary N) is 2. The van der Waals surface area contributed by atoms with Crippen molar-refractivity contribution in [2.45, 2.75) is 31.8 Å². The first-order chi connectivity index (χ1) is 14.7. The zero-order chi connectivity index (χ0) is 20.5. The molecule has 0 unspecified atom stereocenters. The van der Waals surface area contributed by atoms with Gasteiger partial charge in [0.15, 0.2) is 0 Å². The van der Waals surface area contributed by atoms with E-state index in [0.29, 0.717) is 37.1 Å². The van der Waals surface area contributed by atoms with E-state index >= 15 is 0 Å². The number of hydrogen-bond donors (Lipinski definition) is 3. The van der Waals surface area contributed by atoms with Crippen LogP contribution in [0.1, 0.15) is 25.1 Å². The Labute approximate surface area is 186 Å². The number of halogens is 1. The lowest BCUT2D eigenvalue weighted by atomic mass is 10.1. The summed E-state index contributed by atoms with van der Waals surface area (Å²) in [4.78, 5) is 17.5. The van der Waals surface area contributed by atoms with Crippen molar-refractivity contribution in [1.82, 2.24) is 14.9 Å². The molecule has 0 radical (unpaired) electrons. The topological polar surface area (TPSA) is 88.4 Å². The minimum Gasteiger partial charge on any atom is -0.511 e. The molecule has 7 nitrogen and oxygen atoms in total. The van der Waals surface area contributed by atoms with E-state index in [1.165, 1.54) is 12.8 Å². The minimum absolute atomic E-state index is 0. The predicted octanol–water partition coefficient (Wildman–Crippen LogP) is 3.90. The van der Waals surface area contributed by atoms with E-state index in [2.05, 4.69) is 15.6 Å². The van der Waals surface area contributed by atoms with Crippen LogP contribution in [0.3, 0.4) is 0 Å². The van der Waals surface area contributed by atoms with Crippen LogP contribution in [0.15, 0.2) is 54.3 Å². The maximum Gasteiger partial charge on any atom is 0.262 e. The molecular weight excluding hydrogens is 416 g/mol. The number of benzene rings is 2. The molecular formula is C23H25ClN4O3. The van der Waals surface area contributed by atoms with Gasteiger partial charge < -0.3 is 25.0 Å². The van der Waals surface area contributed by atoms with E-state index in [1.54, 1.807) is 12.1 Å². The van der Waals surface area contributed by atoms with Crippen LogP contribution < -0.4 is 15.4 Å². The maximum atomic E-state index is 13.0. The van der Waals surface area contributed by atoms with Crippen molar-refractivity contribution in [3.8, 4) is 5.75 Å². The first kappa shape index (κ1) is 21.2. The van der Waals surface area contributed by atoms with Crippen LogP contribution in [-0.4, -0.2) is 39.8 Å². The summed E-state index contributed by atoms with van der Waals surface area (Å²) >= 11 is 0. The van der Waals surface area contributed by atoms with Crippen molar-refractivity contribution in [3.05, 3.63) is 60.1 Å². The van der Waals surface area contributed by atoms with Gasteiger partial charge in [-0.1, -0.05) is 12.1 Å². The molecule has 2 aliphatic rings. The number of aliphatic hydroxyl groups excluding tert-OH is 1. The van der Waals surface area contributed by atoms with Gasteiger partial charge in [-0.3, -0.25) is 4.79 Å². The monoisotopic (exact) mass is 440 g/mol. The first-order valence-corrected chi connectivity index (χ1v) is 10.3. The number of amides is 1. The lowest BCUT2D eigenvalue weighted by Gasteiger charge is -2.18. The van der Waals surface area contributed by atoms with Gasteiger partial charge in [-0.15, -0.1) is 12.4 Å². The zero-order valence-electron chi connectivity index (χ0n) is 17.0. The molecule has 1 aromatic heterocycles. The molecule has 5 rings (SSSR count). The molecule has 31 heavy (non-hydrogen) atoms. The van der Waals surface area contributed by atoms with Gasteiger partial charge in [0.25, 0.3) is 5.91 Å². The highest BCUT2D eigenvalue weighted by Gasteiger charge is 2.28. The van der Waals surface area contributed by atoms with Gasteiger partial charge in [0.05, 0.1) is 11.0 Å². The zero-order valence-corrected chi connectivity index (χ0v) is 17.8. The van der Waals surface area contributed by atoms with E-state index in [9.17, 15) is 9.90 Å². The fourth-order valence-electron chi connectivity index (χ4n) is 3.74. The largest absolute Gasteiger partial charge is 0.511 e. The molecule has 3 N–H and O–H groups in total. The second kappa shape index (κ2) is 8.99. The van der Waals surface area contributed by atoms with Crippen LogP contribution in [0.25, 0.3) is 16.6 Å². The SMILES string of the molecule is Cl.O=C(Nc1ccc(OCCNC2CC2)cc1)C1=C(O)CCn2c1nc1ccccc12. The number of allylic oxidation sites excluding steroid dienone is 1. The van der Waals surface area contributed by atoms with Crippen molar-refractivity contribution in [2.75, 3.05) is 18.5 Å². The number of carbonyl (C=O) groups excluding carboxylic acids is 1. The first-order valence-electron chi connectivity index (χ1n) is 10.3. The van der Waals surface area contributed by atoms with Crippen LogP contribution in [0, 0.1) is 0 Å². The highest BCUT2D eigenvalue weighted by molar-refractivity contribution is 6.25. The Kier molecular flexibility index (Phi) is 6.15. The van der Waals surface area contributed by atoms with Gasteiger partial charge in [0.2, 0.25) is 0 Å². The van der Waals surface area contributed by atoms with Crippen LogP contribution in [-0.2, 0) is 11.3 Å². The highest BCUT2D eigenvalue weighted by atomic mass is 35.5. The average Bonchev–Trinajstić information content (AvgIpc) is 3.51. The summed E-state index contributed by atoms with van der Waals surface area (Å²) in [6.07, 6.45) is 2.92. The predicted molar refractivity (Wildman–Crippen MR) is 123 cm³/mol. The number of nitrogens with zero attached hydrogens (tertiary/aromatic N) is 2. The van der Waals surface area contributed by atoms with Gasteiger partial charge >= 0.3 is 0 Å². The number of aliphatic hydroxyl groups is 1. The standard InChI is InChI=1S/C23H24N4O3.ClH/c28-20-11-13-27-19-4-2-1-3-18(19)26-22(27)21(20)23(29)25-16-7-9-17(10-8-16)30-14-12-24-15-5-6-15;/h1-4,7-10,15,24,28H,5-6,11-14H2,(H,25,29);1H. The summed E-state index contributed by atoms with van der Waals surface area (Å²) in [6, 6.07) is 15.7. The second-order valence-corrected chi connectivity index (χ2v) is 7.70. The molecule has 1 saturated carbocycles. The van der Waals surface area contributed by atoms with Crippen molar-refractivity contribution < 1.29 is 14.6 Å². The molecule has 2 aromatic carbocycles. The molecule has 162 valence electrons. The summed E-state index contributed by atoms with van der Waals surface area (Å²) in [7, 11) is 0. The van der Waals surface area contributed by atoms with Crippen LogP contribution in [0.2, 0.25) is 0 Å². The Balaban J connectivity index is 0.00000231. The van der Waals surface area contributed by atoms with Crippen molar-refractivity contribution in [2.24, 2.45) is 0 Å². The molecule has 0 spiro atoms. The Hall–Kier alpha value is -3.03. The molecule has 3 aromatic rings. The Morgan fingerprint density at radius 1 is 1.16 bits per heavy atom. The van der Waals surface area contributed by atoms with E-state index in [4.69, 9.17) is 4.74 Å². The van der Waals surface area contributed by atoms with Crippen LogP contribution in [0.5, 0.6) is 5.75 Å². The van der Waals surface area contributed by atoms with Gasteiger partial charge in [0.1, 0.15) is 29.5 Å². The number of rotatable bonds is 7. The summed E-state index contributed by atoms with van der Waals surface area (Å²) < 4.78 is 7.70. The Morgan fingerprint density at radius 2 is 1.94 bits per heavy atom. The molecule has 0 saturated heterocycles. The summed E-state index contributed by atoms with van der Waals surface area (Å²) in [5, 5.41) is 16.7. The summed E-state index contributed by atoms with van der Waals surface area (Å²) in [5.74, 6) is 0.956. The van der Waals surface area contributed by atoms with E-state index in [1.807, 2.05) is 41.0 Å². The molecule has 1 aliphatic heterocycles. The van der Waals surface area contributed by atoms with Crippen molar-refractivity contribution in [3.63, 3.8) is 0 Å². The van der Waals surface area contributed by atoms with Gasteiger partial charge in [-0.05, 0) is 49.2 Å². The fraction of sp³-hybridized carbons (Fsp3) is 0.304. The molecule has 1 fully saturated rings. The second-order valence-electron chi connectivity index (χ2n) is 7.70. The number of ether oxygens (including phenoxy) is 1. The lowest BCUT2D eigenvalue weighted by Crippen LogP contribution is -2.23. The summed E-state index contributed by atoms with van der Waals surface area (Å²) in [5.41, 5.74) is 2.63. The van der Waals surface area contributed by atoms with Crippen LogP contribution >= 0.6 is 12.4 Å². The summed E-state index contributed by atoms with van der Waals surface area (Å²) in [6.45, 7) is 2.04. The Morgan fingerprint density at radius 3 is 2.71 bits per heavy atom. The third kappa shape index (κ3) is 4.52. The van der Waals surface area contributed by atoms with Crippen molar-refractivity contribution >= 4 is 40.6 Å². The number of aromatic nitrogens is 2. The van der Waals surface area contributed by atoms with E-state index < -0.39 is 0 Å². The quantitative estimate of drug-likeness (QED) is 0.485. The normalized spacial score (nSPS) is 15.4. The number of hydrogen-bond acceptors (Lipinski definition) is 5. The molecule has 0 bridgehead atoms. The number of anilines is 1. The molecule has 1 amide bonds. The number of para-hydroxylation sites is 2. The Bertz CT molecular complexity index is 1120. The van der Waals surface area contributed by atoms with Gasteiger partial charge in [-0.2, -0.15) is 0 Å². The molecule has 1 aliphatic carbocycles.